The van der Waals surface area contributed by atoms with Crippen molar-refractivity contribution in [3.63, 3.8) is 0 Å². The largest absolute Gasteiger partial charge is 0.392 e. The summed E-state index contributed by atoms with van der Waals surface area (Å²) in [5.74, 6) is 0.804. The Hall–Kier alpha value is -3.54. The number of rotatable bonds is 9. The zero-order chi connectivity index (χ0) is 22.3. The van der Waals surface area contributed by atoms with Gasteiger partial charge in [0.15, 0.2) is 11.6 Å². The van der Waals surface area contributed by atoms with E-state index in [1.54, 1.807) is 20.8 Å². The number of anilines is 2. The third-order valence-electron chi connectivity index (χ3n) is 4.18. The highest BCUT2D eigenvalue weighted by Crippen LogP contribution is 2.35. The molecule has 2 heterocycles. The van der Waals surface area contributed by atoms with E-state index in [9.17, 15) is 20.7 Å². The van der Waals surface area contributed by atoms with Gasteiger partial charge in [0.2, 0.25) is 0 Å². The van der Waals surface area contributed by atoms with E-state index in [1.807, 2.05) is 6.92 Å². The second kappa shape index (κ2) is 10.3. The first-order chi connectivity index (χ1) is 14.3. The van der Waals surface area contributed by atoms with Gasteiger partial charge in [0, 0.05) is 18.7 Å². The maximum Gasteiger partial charge on any atom is 0.188 e. The number of hydrogen-bond donors (Lipinski definition) is 5. The average Bonchev–Trinajstić information content (AvgIpc) is 3.11. The summed E-state index contributed by atoms with van der Waals surface area (Å²) >= 11 is 0. The summed E-state index contributed by atoms with van der Waals surface area (Å²) in [6.45, 7) is 7.21. The van der Waals surface area contributed by atoms with Gasteiger partial charge in [-0.1, -0.05) is 6.92 Å². The molecule has 11 nitrogen and oxygen atoms in total. The quantitative estimate of drug-likeness (QED) is 0.390. The number of nitriles is 2. The van der Waals surface area contributed by atoms with Crippen LogP contribution in [0.5, 0.6) is 0 Å². The fourth-order valence-electron chi connectivity index (χ4n) is 2.61. The molecule has 11 heteroatoms. The third kappa shape index (κ3) is 5.29. The molecule has 0 saturated carbocycles. The molecule has 158 valence electrons. The van der Waals surface area contributed by atoms with Crippen LogP contribution in [-0.4, -0.2) is 50.7 Å². The van der Waals surface area contributed by atoms with Crippen LogP contribution in [0.4, 0.5) is 23.1 Å². The molecule has 0 aliphatic heterocycles. The highest BCUT2D eigenvalue weighted by molar-refractivity contribution is 5.74. The number of aliphatic hydroxyl groups is 2. The van der Waals surface area contributed by atoms with Crippen LogP contribution in [0.15, 0.2) is 10.2 Å². The lowest BCUT2D eigenvalue weighted by Gasteiger charge is -2.16. The van der Waals surface area contributed by atoms with E-state index in [0.717, 1.165) is 0 Å². The summed E-state index contributed by atoms with van der Waals surface area (Å²) in [7, 11) is 0. The minimum Gasteiger partial charge on any atom is -0.392 e. The van der Waals surface area contributed by atoms with Crippen molar-refractivity contribution < 1.29 is 10.2 Å². The summed E-state index contributed by atoms with van der Waals surface area (Å²) in [5, 5.41) is 59.2. The van der Waals surface area contributed by atoms with E-state index < -0.39 is 12.2 Å². The van der Waals surface area contributed by atoms with Gasteiger partial charge in [0.25, 0.3) is 0 Å². The summed E-state index contributed by atoms with van der Waals surface area (Å²) in [5.41, 5.74) is 1.95. The first-order valence-electron chi connectivity index (χ1n) is 9.49. The molecule has 2 unspecified atom stereocenters. The highest BCUT2D eigenvalue weighted by Gasteiger charge is 2.19. The van der Waals surface area contributed by atoms with Crippen LogP contribution in [0.25, 0.3) is 0 Å². The van der Waals surface area contributed by atoms with Crippen LogP contribution in [0, 0.1) is 29.6 Å². The van der Waals surface area contributed by atoms with Gasteiger partial charge in [0.1, 0.15) is 29.2 Å². The number of nitrogens with one attached hydrogen (secondary N) is 3. The minimum absolute atomic E-state index is 0.199. The summed E-state index contributed by atoms with van der Waals surface area (Å²) in [6, 6.07) is 4.16. The maximum atomic E-state index is 9.63. The summed E-state index contributed by atoms with van der Waals surface area (Å²) < 4.78 is 0. The van der Waals surface area contributed by atoms with Crippen molar-refractivity contribution in [2.75, 3.05) is 23.7 Å². The van der Waals surface area contributed by atoms with Gasteiger partial charge >= 0.3 is 0 Å². The van der Waals surface area contributed by atoms with E-state index in [1.165, 1.54) is 0 Å². The Morgan fingerprint density at radius 1 is 1.03 bits per heavy atom. The van der Waals surface area contributed by atoms with Crippen LogP contribution in [0.2, 0.25) is 0 Å². The number of aromatic amines is 1. The molecule has 0 aliphatic carbocycles. The Bertz CT molecular complexity index is 997. The number of H-pyrrole nitrogens is 1. The summed E-state index contributed by atoms with van der Waals surface area (Å²) in [6.07, 6.45) is -0.713. The predicted molar refractivity (Wildman–Crippen MR) is 111 cm³/mol. The molecule has 0 radical (unpaired) electrons. The van der Waals surface area contributed by atoms with E-state index >= 15 is 0 Å². The van der Waals surface area contributed by atoms with Crippen molar-refractivity contribution in [2.24, 2.45) is 10.2 Å². The maximum absolute atomic E-state index is 9.63. The Morgan fingerprint density at radius 3 is 2.17 bits per heavy atom. The Labute approximate surface area is 174 Å². The van der Waals surface area contributed by atoms with E-state index in [2.05, 4.69) is 48.2 Å². The van der Waals surface area contributed by atoms with Crippen LogP contribution in [-0.2, 0) is 6.42 Å². The van der Waals surface area contributed by atoms with Crippen molar-refractivity contribution in [3.8, 4) is 12.1 Å². The number of pyridine rings is 1. The zero-order valence-corrected chi connectivity index (χ0v) is 17.4. The zero-order valence-electron chi connectivity index (χ0n) is 17.4. The topological polar surface area (TPSA) is 178 Å². The first-order valence-corrected chi connectivity index (χ1v) is 9.49. The Kier molecular flexibility index (Phi) is 7.81. The van der Waals surface area contributed by atoms with Crippen LogP contribution < -0.4 is 10.6 Å². The smallest absolute Gasteiger partial charge is 0.188 e. The van der Waals surface area contributed by atoms with Gasteiger partial charge in [-0.15, -0.1) is 10.2 Å². The van der Waals surface area contributed by atoms with Crippen molar-refractivity contribution in [3.05, 3.63) is 22.4 Å². The number of aromatic nitrogens is 3. The molecule has 0 bridgehead atoms. The molecule has 2 rings (SSSR count). The van der Waals surface area contributed by atoms with Crippen molar-refractivity contribution >= 4 is 23.1 Å². The molecular weight excluding hydrogens is 386 g/mol. The Balaban J connectivity index is 2.54. The van der Waals surface area contributed by atoms with Crippen molar-refractivity contribution in [1.82, 2.24) is 15.2 Å². The second-order valence-electron chi connectivity index (χ2n) is 6.79. The van der Waals surface area contributed by atoms with Crippen LogP contribution >= 0.6 is 0 Å². The number of hydrogen-bond acceptors (Lipinski definition) is 10. The van der Waals surface area contributed by atoms with Gasteiger partial charge in [-0.3, -0.25) is 5.10 Å². The highest BCUT2D eigenvalue weighted by atomic mass is 16.3. The van der Waals surface area contributed by atoms with Crippen molar-refractivity contribution in [2.45, 2.75) is 46.3 Å². The SMILES string of the molecule is CCc1n[nH]c(N=Nc2c(NCC(C)O)nc(NCC(C)O)c(C#N)c2C)c1C#N. The van der Waals surface area contributed by atoms with Gasteiger partial charge in [-0.2, -0.15) is 15.6 Å². The first kappa shape index (κ1) is 22.7. The molecule has 2 aromatic rings. The predicted octanol–water partition coefficient (Wildman–Crippen LogP) is 2.42. The molecule has 5 N–H and O–H groups in total. The molecule has 0 spiro atoms. The average molecular weight is 411 g/mol. The van der Waals surface area contributed by atoms with Crippen LogP contribution in [0.3, 0.4) is 0 Å². The fourth-order valence-corrected chi connectivity index (χ4v) is 2.61. The summed E-state index contributed by atoms with van der Waals surface area (Å²) in [4.78, 5) is 4.41. The molecule has 0 amide bonds. The fraction of sp³-hybridized carbons (Fsp3) is 0.474. The molecule has 30 heavy (non-hydrogen) atoms. The second-order valence-corrected chi connectivity index (χ2v) is 6.79. The molecule has 0 aromatic carbocycles. The molecule has 0 fully saturated rings. The van der Waals surface area contributed by atoms with Gasteiger partial charge < -0.3 is 20.8 Å². The van der Waals surface area contributed by atoms with Gasteiger partial charge in [-0.25, -0.2) is 4.98 Å². The lowest BCUT2D eigenvalue weighted by Crippen LogP contribution is -2.19. The normalized spacial score (nSPS) is 12.9. The van der Waals surface area contributed by atoms with E-state index in [0.29, 0.717) is 34.7 Å². The molecular formula is C19H25N9O2. The van der Waals surface area contributed by atoms with E-state index in [-0.39, 0.29) is 30.3 Å². The molecule has 0 aliphatic rings. The third-order valence-corrected chi connectivity index (χ3v) is 4.18. The van der Waals surface area contributed by atoms with E-state index in [4.69, 9.17) is 0 Å². The van der Waals surface area contributed by atoms with Gasteiger partial charge in [-0.05, 0) is 27.2 Å². The number of nitrogens with zero attached hydrogens (tertiary/aromatic N) is 6. The minimum atomic E-state index is -0.647. The Morgan fingerprint density at radius 2 is 1.63 bits per heavy atom. The number of aryl methyl sites for hydroxylation is 1. The molecule has 2 aromatic heterocycles. The monoisotopic (exact) mass is 411 g/mol. The lowest BCUT2D eigenvalue weighted by atomic mass is 10.1. The number of aliphatic hydroxyl groups excluding tert-OH is 2. The lowest BCUT2D eigenvalue weighted by molar-refractivity contribution is 0.208. The van der Waals surface area contributed by atoms with Crippen molar-refractivity contribution in [1.29, 1.82) is 10.5 Å². The number of azo groups is 1. The van der Waals surface area contributed by atoms with Crippen LogP contribution in [0.1, 0.15) is 43.2 Å². The molecule has 2 atom stereocenters. The standard InChI is InChI=1S/C19H25N9O2/c1-5-15-14(7-21)18(27-25-15)28-26-16-12(4)13(6-20)17(22-8-10(2)29)24-19(16)23-9-11(3)30/h10-11,29-30H,5,8-9H2,1-4H3,(H,25,27)(H2,22,23,24). The molecule has 0 saturated heterocycles. The van der Waals surface area contributed by atoms with Gasteiger partial charge in [0.05, 0.1) is 23.5 Å².